The Bertz CT molecular complexity index is 1280. The second kappa shape index (κ2) is 9.84. The van der Waals surface area contributed by atoms with E-state index in [9.17, 15) is 4.39 Å². The van der Waals surface area contributed by atoms with Crippen LogP contribution < -0.4 is 10.6 Å². The van der Waals surface area contributed by atoms with E-state index in [4.69, 9.17) is 12.2 Å². The molecule has 0 bridgehead atoms. The third-order valence-corrected chi connectivity index (χ3v) is 6.06. The van der Waals surface area contributed by atoms with E-state index in [0.717, 1.165) is 27.1 Å². The maximum absolute atomic E-state index is 13.2. The lowest BCUT2D eigenvalue weighted by Gasteiger charge is -2.10. The molecule has 2 N–H and O–H groups in total. The number of halogens is 2. The lowest BCUT2D eigenvalue weighted by atomic mass is 10.1. The third-order valence-electron chi connectivity index (χ3n) is 5.28. The van der Waals surface area contributed by atoms with Gasteiger partial charge in [-0.15, -0.1) is 0 Å². The minimum absolute atomic E-state index is 0.252. The summed E-state index contributed by atoms with van der Waals surface area (Å²) in [7, 11) is 0. The molecule has 4 rings (SSSR count). The van der Waals surface area contributed by atoms with E-state index < -0.39 is 0 Å². The van der Waals surface area contributed by atoms with Gasteiger partial charge >= 0.3 is 0 Å². The van der Waals surface area contributed by atoms with Gasteiger partial charge in [0, 0.05) is 6.20 Å². The van der Waals surface area contributed by atoms with Crippen molar-refractivity contribution < 1.29 is 4.39 Å². The predicted molar refractivity (Wildman–Crippen MR) is 137 cm³/mol. The second-order valence-corrected chi connectivity index (χ2v) is 9.18. The highest BCUT2D eigenvalue weighted by molar-refractivity contribution is 9.10. The van der Waals surface area contributed by atoms with Gasteiger partial charge in [-0.25, -0.2) is 4.39 Å². The van der Waals surface area contributed by atoms with Crippen LogP contribution in [0, 0.1) is 26.6 Å². The number of nitrogens with zero attached hydrogens (tertiary/aromatic N) is 4. The number of hydrogen-bond donors (Lipinski definition) is 2. The number of rotatable bonds is 6. The van der Waals surface area contributed by atoms with Crippen LogP contribution in [0.2, 0.25) is 0 Å². The molecule has 2 aromatic heterocycles. The summed E-state index contributed by atoms with van der Waals surface area (Å²) in [5.41, 5.74) is 5.96. The maximum atomic E-state index is 13.2. The van der Waals surface area contributed by atoms with Gasteiger partial charge in [0.1, 0.15) is 5.82 Å². The van der Waals surface area contributed by atoms with E-state index in [1.807, 2.05) is 29.4 Å². The molecule has 2 aromatic carbocycles. The predicted octanol–water partition coefficient (Wildman–Crippen LogP) is 5.81. The maximum Gasteiger partial charge on any atom is 0.176 e. The van der Waals surface area contributed by atoms with Crippen LogP contribution in [-0.2, 0) is 13.1 Å². The highest BCUT2D eigenvalue weighted by Gasteiger charge is 2.15. The molecule has 0 atom stereocenters. The second-order valence-electron chi connectivity index (χ2n) is 7.92. The van der Waals surface area contributed by atoms with Gasteiger partial charge in [-0.3, -0.25) is 9.36 Å². The lowest BCUT2D eigenvalue weighted by molar-refractivity contribution is 0.622. The van der Waals surface area contributed by atoms with E-state index in [1.165, 1.54) is 23.3 Å². The van der Waals surface area contributed by atoms with Gasteiger partial charge in [0.2, 0.25) is 0 Å². The monoisotopic (exact) mass is 526 g/mol. The van der Waals surface area contributed by atoms with Crippen LogP contribution in [0.5, 0.6) is 0 Å². The lowest BCUT2D eigenvalue weighted by Crippen LogP contribution is -2.20. The summed E-state index contributed by atoms with van der Waals surface area (Å²) in [4.78, 5) is 0. The minimum atomic E-state index is -0.252. The zero-order valence-electron chi connectivity index (χ0n) is 18.6. The summed E-state index contributed by atoms with van der Waals surface area (Å²) in [6.07, 6.45) is 1.92. The molecule has 9 heteroatoms. The number of hydrogen-bond acceptors (Lipinski definition) is 3. The molecule has 170 valence electrons. The van der Waals surface area contributed by atoms with E-state index in [1.54, 1.807) is 12.1 Å². The first-order valence-electron chi connectivity index (χ1n) is 10.4. The van der Waals surface area contributed by atoms with Crippen molar-refractivity contribution in [2.75, 3.05) is 10.6 Å². The first kappa shape index (κ1) is 23.1. The smallest absolute Gasteiger partial charge is 0.176 e. The van der Waals surface area contributed by atoms with Crippen LogP contribution in [0.3, 0.4) is 0 Å². The van der Waals surface area contributed by atoms with Crippen molar-refractivity contribution >= 4 is 44.8 Å². The number of benzene rings is 2. The number of thiocarbonyl (C=S) groups is 1. The number of aromatic nitrogens is 4. The van der Waals surface area contributed by atoms with Crippen LogP contribution in [0.25, 0.3) is 0 Å². The van der Waals surface area contributed by atoms with E-state index in [0.29, 0.717) is 24.0 Å². The standard InChI is InChI=1S/C24H24BrFN6S/c1-15-4-6-18(7-5-15)12-31-14-21(25)23(30-31)28-24(33)27-22-16(2)29-32(17(22)3)13-19-8-10-20(26)11-9-19/h4-11,14H,12-13H2,1-3H3,(H2,27,28,30,33). The number of nitrogens with one attached hydrogen (secondary N) is 2. The average Bonchev–Trinajstić information content (AvgIpc) is 3.24. The van der Waals surface area contributed by atoms with Gasteiger partial charge in [-0.2, -0.15) is 10.2 Å². The minimum Gasteiger partial charge on any atom is -0.329 e. The van der Waals surface area contributed by atoms with Crippen molar-refractivity contribution in [1.29, 1.82) is 0 Å². The normalized spacial score (nSPS) is 10.9. The summed E-state index contributed by atoms with van der Waals surface area (Å²) in [5.74, 6) is 0.381. The van der Waals surface area contributed by atoms with Gasteiger partial charge in [0.25, 0.3) is 0 Å². The number of aryl methyl sites for hydroxylation is 2. The first-order valence-corrected chi connectivity index (χ1v) is 11.6. The van der Waals surface area contributed by atoms with Crippen LogP contribution >= 0.6 is 28.1 Å². The fourth-order valence-corrected chi connectivity index (χ4v) is 4.10. The van der Waals surface area contributed by atoms with Gasteiger partial charge in [-0.1, -0.05) is 42.0 Å². The molecule has 4 aromatic rings. The fourth-order valence-electron chi connectivity index (χ4n) is 3.49. The van der Waals surface area contributed by atoms with Crippen LogP contribution in [0.15, 0.2) is 59.2 Å². The molecule has 0 spiro atoms. The van der Waals surface area contributed by atoms with Crippen LogP contribution in [0.4, 0.5) is 15.9 Å². The van der Waals surface area contributed by atoms with Gasteiger partial charge in [0.15, 0.2) is 10.9 Å². The molecule has 0 unspecified atom stereocenters. The Hall–Kier alpha value is -3.04. The Morgan fingerprint density at radius 2 is 1.58 bits per heavy atom. The van der Waals surface area contributed by atoms with E-state index >= 15 is 0 Å². The molecule has 0 aliphatic heterocycles. The van der Waals surface area contributed by atoms with Crippen molar-refractivity contribution in [3.8, 4) is 0 Å². The van der Waals surface area contributed by atoms with Gasteiger partial charge in [-0.05, 0) is 72.2 Å². The zero-order chi connectivity index (χ0) is 23.5. The summed E-state index contributed by atoms with van der Waals surface area (Å²) >= 11 is 9.09. The van der Waals surface area contributed by atoms with Gasteiger partial charge in [0.05, 0.1) is 34.6 Å². The Labute approximate surface area is 205 Å². The first-order chi connectivity index (χ1) is 15.8. The Balaban J connectivity index is 1.42. The Morgan fingerprint density at radius 1 is 0.939 bits per heavy atom. The molecule has 0 saturated carbocycles. The summed E-state index contributed by atoms with van der Waals surface area (Å²) in [6.45, 7) is 7.17. The molecular weight excluding hydrogens is 503 g/mol. The van der Waals surface area contributed by atoms with E-state index in [-0.39, 0.29) is 5.82 Å². The van der Waals surface area contributed by atoms with Crippen LogP contribution in [0.1, 0.15) is 28.1 Å². The molecule has 0 amide bonds. The van der Waals surface area contributed by atoms with Crippen molar-refractivity contribution in [3.63, 3.8) is 0 Å². The van der Waals surface area contributed by atoms with Crippen molar-refractivity contribution in [3.05, 3.63) is 93.1 Å². The quantitative estimate of drug-likeness (QED) is 0.310. The summed E-state index contributed by atoms with van der Waals surface area (Å²) in [6, 6.07) is 14.8. The molecule has 33 heavy (non-hydrogen) atoms. The summed E-state index contributed by atoms with van der Waals surface area (Å²) < 4.78 is 17.7. The van der Waals surface area contributed by atoms with Crippen molar-refractivity contribution in [2.24, 2.45) is 0 Å². The van der Waals surface area contributed by atoms with Crippen molar-refractivity contribution in [2.45, 2.75) is 33.9 Å². The third kappa shape index (κ3) is 5.66. The topological polar surface area (TPSA) is 59.7 Å². The summed E-state index contributed by atoms with van der Waals surface area (Å²) in [5, 5.41) is 16.0. The Kier molecular flexibility index (Phi) is 6.90. The highest BCUT2D eigenvalue weighted by atomic mass is 79.9. The van der Waals surface area contributed by atoms with Crippen LogP contribution in [-0.4, -0.2) is 24.7 Å². The molecule has 0 fully saturated rings. The molecule has 0 aliphatic rings. The average molecular weight is 527 g/mol. The van der Waals surface area contributed by atoms with Gasteiger partial charge < -0.3 is 10.6 Å². The molecular formula is C24H24BrFN6S. The molecule has 0 radical (unpaired) electrons. The zero-order valence-corrected chi connectivity index (χ0v) is 21.0. The van der Waals surface area contributed by atoms with Crippen molar-refractivity contribution in [1.82, 2.24) is 19.6 Å². The Morgan fingerprint density at radius 3 is 2.27 bits per heavy atom. The van der Waals surface area contributed by atoms with E-state index in [2.05, 4.69) is 68.0 Å². The SMILES string of the molecule is Cc1ccc(Cn2cc(Br)c(NC(=S)Nc3c(C)nn(Cc4ccc(F)cc4)c3C)n2)cc1. The largest absolute Gasteiger partial charge is 0.329 e. The molecule has 2 heterocycles. The fraction of sp³-hybridized carbons (Fsp3) is 0.208. The molecule has 6 nitrogen and oxygen atoms in total. The number of anilines is 2. The highest BCUT2D eigenvalue weighted by Crippen LogP contribution is 2.24. The molecule has 0 aliphatic carbocycles. The molecule has 0 saturated heterocycles.